The van der Waals surface area contributed by atoms with Crippen molar-refractivity contribution < 1.29 is 14.0 Å². The van der Waals surface area contributed by atoms with Gasteiger partial charge in [-0.05, 0) is 25.7 Å². The van der Waals surface area contributed by atoms with Crippen molar-refractivity contribution in [3.05, 3.63) is 17.5 Å². The Labute approximate surface area is 179 Å². The molecule has 0 amide bonds. The Morgan fingerprint density at radius 3 is 2.74 bits per heavy atom. The van der Waals surface area contributed by atoms with Gasteiger partial charge in [0.2, 0.25) is 0 Å². The molecule has 0 bridgehead atoms. The van der Waals surface area contributed by atoms with Crippen LogP contribution in [0.2, 0.25) is 0 Å². The Morgan fingerprint density at radius 1 is 1.30 bits per heavy atom. The summed E-state index contributed by atoms with van der Waals surface area (Å²) in [6, 6.07) is 2.06. The normalized spacial score (nSPS) is 23.6. The van der Waals surface area contributed by atoms with Crippen molar-refractivity contribution in [1.29, 1.82) is 0 Å². The van der Waals surface area contributed by atoms with Crippen LogP contribution in [0.1, 0.15) is 56.9 Å². The highest BCUT2D eigenvalue weighted by molar-refractivity contribution is 14.0. The second-order valence-electron chi connectivity index (χ2n) is 7.04. The first kappa shape index (κ1) is 22.4. The summed E-state index contributed by atoms with van der Waals surface area (Å²) in [6.45, 7) is 8.14. The second-order valence-corrected chi connectivity index (χ2v) is 7.04. The van der Waals surface area contributed by atoms with E-state index in [1.165, 1.54) is 0 Å². The van der Waals surface area contributed by atoms with Crippen LogP contribution in [0.5, 0.6) is 0 Å². The summed E-state index contributed by atoms with van der Waals surface area (Å²) in [7, 11) is 1.81. The van der Waals surface area contributed by atoms with Crippen LogP contribution < -0.4 is 5.32 Å². The van der Waals surface area contributed by atoms with E-state index in [9.17, 15) is 0 Å². The number of nitrogens with zero attached hydrogens (tertiary/aromatic N) is 3. The quantitative estimate of drug-likeness (QED) is 0.374. The summed E-state index contributed by atoms with van der Waals surface area (Å²) < 4.78 is 17.2. The summed E-state index contributed by atoms with van der Waals surface area (Å²) >= 11 is 0. The van der Waals surface area contributed by atoms with Crippen molar-refractivity contribution in [3.63, 3.8) is 0 Å². The maximum Gasteiger partial charge on any atom is 0.194 e. The number of morpholine rings is 1. The van der Waals surface area contributed by atoms with Crippen LogP contribution in [0.15, 0.2) is 15.6 Å². The van der Waals surface area contributed by atoms with Gasteiger partial charge < -0.3 is 24.2 Å². The molecule has 2 aliphatic heterocycles. The maximum absolute atomic E-state index is 5.93. The average Bonchev–Trinajstić information content (AvgIpc) is 3.36. The van der Waals surface area contributed by atoms with Crippen molar-refractivity contribution in [2.24, 2.45) is 4.99 Å². The molecule has 2 unspecified atom stereocenters. The summed E-state index contributed by atoms with van der Waals surface area (Å²) in [5.41, 5.74) is 1.05. The molecule has 0 aromatic carbocycles. The smallest absolute Gasteiger partial charge is 0.194 e. The molecule has 2 aliphatic rings. The number of ether oxygens (including phenoxy) is 2. The Kier molecular flexibility index (Phi) is 9.31. The number of hydrogen-bond acceptors (Lipinski definition) is 5. The van der Waals surface area contributed by atoms with Gasteiger partial charge in [0.05, 0.1) is 24.9 Å². The minimum absolute atomic E-state index is 0. The average molecular weight is 492 g/mol. The first-order chi connectivity index (χ1) is 12.7. The lowest BCUT2D eigenvalue weighted by Gasteiger charge is -2.37. The molecule has 0 saturated carbocycles. The number of aliphatic imine (C=N–C) groups is 1. The molecule has 0 aliphatic carbocycles. The summed E-state index contributed by atoms with van der Waals surface area (Å²) in [4.78, 5) is 6.68. The van der Waals surface area contributed by atoms with Gasteiger partial charge in [0.15, 0.2) is 11.7 Å². The Bertz CT molecular complexity index is 585. The second kappa shape index (κ2) is 11.2. The minimum atomic E-state index is 0. The van der Waals surface area contributed by atoms with Crippen LogP contribution in [0.25, 0.3) is 0 Å². The highest BCUT2D eigenvalue weighted by Crippen LogP contribution is 2.23. The van der Waals surface area contributed by atoms with Gasteiger partial charge in [0.1, 0.15) is 6.10 Å². The highest BCUT2D eigenvalue weighted by atomic mass is 127. The van der Waals surface area contributed by atoms with Crippen LogP contribution in [-0.2, 0) is 16.0 Å². The molecule has 8 heteroatoms. The van der Waals surface area contributed by atoms with Gasteiger partial charge in [-0.1, -0.05) is 19.0 Å². The monoisotopic (exact) mass is 492 g/mol. The summed E-state index contributed by atoms with van der Waals surface area (Å²) in [5, 5.41) is 7.63. The molecule has 7 nitrogen and oxygen atoms in total. The van der Waals surface area contributed by atoms with Crippen LogP contribution in [-0.4, -0.2) is 61.6 Å². The lowest BCUT2D eigenvalue weighted by Crippen LogP contribution is -2.53. The Balaban J connectivity index is 0.00000261. The molecular weight excluding hydrogens is 459 g/mol. The highest BCUT2D eigenvalue weighted by Gasteiger charge is 2.32. The van der Waals surface area contributed by atoms with Gasteiger partial charge in [-0.3, -0.25) is 4.99 Å². The van der Waals surface area contributed by atoms with E-state index in [1.807, 2.05) is 7.05 Å². The number of hydrogen-bond donors (Lipinski definition) is 1. The zero-order valence-corrected chi connectivity index (χ0v) is 19.0. The van der Waals surface area contributed by atoms with Gasteiger partial charge in [0, 0.05) is 38.7 Å². The third-order valence-corrected chi connectivity index (χ3v) is 5.39. The molecule has 0 spiro atoms. The van der Waals surface area contributed by atoms with Gasteiger partial charge in [-0.2, -0.15) is 0 Å². The molecule has 1 aromatic rings. The summed E-state index contributed by atoms with van der Waals surface area (Å²) in [6.07, 6.45) is 4.71. The van der Waals surface area contributed by atoms with Gasteiger partial charge in [-0.15, -0.1) is 24.0 Å². The predicted octanol–water partition coefficient (Wildman–Crippen LogP) is 3.15. The molecule has 1 N–H and O–H groups in total. The van der Waals surface area contributed by atoms with E-state index < -0.39 is 0 Å². The molecule has 0 radical (unpaired) electrons. The summed E-state index contributed by atoms with van der Waals surface area (Å²) in [5.74, 6) is 2.19. The SMILES string of the molecule is CCC(CC)c1cc(CNC(=NC)N2CCOC(C3CCCO3)C2)on1.I. The molecular formula is C19H33IN4O3. The van der Waals surface area contributed by atoms with Gasteiger partial charge in [0.25, 0.3) is 0 Å². The van der Waals surface area contributed by atoms with Gasteiger partial charge >= 0.3 is 0 Å². The molecule has 2 atom stereocenters. The molecule has 154 valence electrons. The fourth-order valence-corrected chi connectivity index (χ4v) is 3.80. The van der Waals surface area contributed by atoms with E-state index in [0.29, 0.717) is 19.1 Å². The Hall–Kier alpha value is -0.870. The van der Waals surface area contributed by atoms with E-state index in [2.05, 4.69) is 40.3 Å². The fraction of sp³-hybridized carbons (Fsp3) is 0.789. The van der Waals surface area contributed by atoms with Gasteiger partial charge in [-0.25, -0.2) is 0 Å². The largest absolute Gasteiger partial charge is 0.375 e. The molecule has 2 saturated heterocycles. The predicted molar refractivity (Wildman–Crippen MR) is 116 cm³/mol. The van der Waals surface area contributed by atoms with Crippen LogP contribution in [0.4, 0.5) is 0 Å². The van der Waals surface area contributed by atoms with E-state index in [0.717, 1.165) is 62.8 Å². The number of nitrogens with one attached hydrogen (secondary N) is 1. The van der Waals surface area contributed by atoms with E-state index in [-0.39, 0.29) is 36.2 Å². The first-order valence-corrected chi connectivity index (χ1v) is 9.89. The lowest BCUT2D eigenvalue weighted by atomic mass is 9.99. The lowest BCUT2D eigenvalue weighted by molar-refractivity contribution is -0.0817. The topological polar surface area (TPSA) is 72.1 Å². The van der Waals surface area contributed by atoms with Crippen molar-refractivity contribution in [2.45, 2.75) is 64.2 Å². The molecule has 3 heterocycles. The van der Waals surface area contributed by atoms with E-state index in [1.54, 1.807) is 0 Å². The minimum Gasteiger partial charge on any atom is -0.375 e. The number of aromatic nitrogens is 1. The standard InChI is InChI=1S/C19H32N4O3.HI/c1-4-14(5-2)16-11-15(26-22-16)12-21-19(20-3)23-8-10-25-18(13-23)17-7-6-9-24-17;/h11,14,17-18H,4-10,12-13H2,1-3H3,(H,20,21);1H. The van der Waals surface area contributed by atoms with Crippen molar-refractivity contribution >= 4 is 29.9 Å². The van der Waals surface area contributed by atoms with Crippen LogP contribution in [0, 0.1) is 0 Å². The number of rotatable bonds is 6. The fourth-order valence-electron chi connectivity index (χ4n) is 3.80. The van der Waals surface area contributed by atoms with Crippen molar-refractivity contribution in [1.82, 2.24) is 15.4 Å². The maximum atomic E-state index is 5.93. The van der Waals surface area contributed by atoms with Crippen LogP contribution >= 0.6 is 24.0 Å². The molecule has 27 heavy (non-hydrogen) atoms. The Morgan fingerprint density at radius 2 is 2.07 bits per heavy atom. The number of halogens is 1. The zero-order chi connectivity index (χ0) is 18.4. The van der Waals surface area contributed by atoms with Crippen molar-refractivity contribution in [2.75, 3.05) is 33.4 Å². The first-order valence-electron chi connectivity index (χ1n) is 9.89. The molecule has 3 rings (SSSR count). The van der Waals surface area contributed by atoms with Crippen molar-refractivity contribution in [3.8, 4) is 0 Å². The third-order valence-electron chi connectivity index (χ3n) is 5.39. The zero-order valence-electron chi connectivity index (χ0n) is 16.6. The molecule has 2 fully saturated rings. The van der Waals surface area contributed by atoms with Crippen LogP contribution in [0.3, 0.4) is 0 Å². The molecule has 1 aromatic heterocycles. The third kappa shape index (κ3) is 5.80. The van der Waals surface area contributed by atoms with E-state index >= 15 is 0 Å². The van der Waals surface area contributed by atoms with E-state index in [4.69, 9.17) is 14.0 Å². The number of guanidine groups is 1.